The van der Waals surface area contributed by atoms with E-state index in [4.69, 9.17) is 4.74 Å². The Hall–Kier alpha value is -3.71. The predicted molar refractivity (Wildman–Crippen MR) is 144 cm³/mol. The van der Waals surface area contributed by atoms with E-state index in [-0.39, 0.29) is 43.8 Å². The first-order valence-electron chi connectivity index (χ1n) is 12.6. The van der Waals surface area contributed by atoms with Crippen LogP contribution in [0.5, 0.6) is 0 Å². The van der Waals surface area contributed by atoms with Crippen molar-refractivity contribution in [2.75, 3.05) is 13.2 Å². The zero-order valence-corrected chi connectivity index (χ0v) is 21.3. The van der Waals surface area contributed by atoms with Crippen LogP contribution in [-0.4, -0.2) is 42.1 Å². The number of hydrogen-bond donors (Lipinski definition) is 3. The Labute approximate surface area is 219 Å². The van der Waals surface area contributed by atoms with E-state index in [0.29, 0.717) is 19.3 Å². The lowest BCUT2D eigenvalue weighted by Gasteiger charge is -2.22. The van der Waals surface area contributed by atoms with Crippen molar-refractivity contribution in [3.63, 3.8) is 0 Å². The van der Waals surface area contributed by atoms with Crippen LogP contribution in [0.4, 0.5) is 0 Å². The van der Waals surface area contributed by atoms with Crippen molar-refractivity contribution in [2.24, 2.45) is 5.92 Å². The maximum Gasteiger partial charge on any atom is 0.306 e. The second-order valence-electron chi connectivity index (χ2n) is 8.88. The lowest BCUT2D eigenvalue weighted by atomic mass is 9.98. The quantitative estimate of drug-likeness (QED) is 0.171. The number of carbonyl (C=O) groups is 3. The molecule has 0 saturated heterocycles. The molecule has 3 atom stereocenters. The topological polar surface area (TPSA) is 105 Å². The number of ether oxygens (including phenoxy) is 1. The number of hydrogen-bond acceptors (Lipinski definition) is 5. The minimum atomic E-state index is -0.649. The van der Waals surface area contributed by atoms with Gasteiger partial charge in [0, 0.05) is 12.8 Å². The summed E-state index contributed by atoms with van der Waals surface area (Å²) >= 11 is 0. The highest BCUT2D eigenvalue weighted by Gasteiger charge is 2.24. The molecule has 0 radical (unpaired) electrons. The van der Waals surface area contributed by atoms with Crippen molar-refractivity contribution in [3.8, 4) is 0 Å². The van der Waals surface area contributed by atoms with Crippen LogP contribution in [0.3, 0.4) is 0 Å². The summed E-state index contributed by atoms with van der Waals surface area (Å²) in [5.74, 6) is -1.65. The molecule has 2 rings (SSSR count). The Kier molecular flexibility index (Phi) is 13.5. The van der Waals surface area contributed by atoms with Crippen LogP contribution in [0.15, 0.2) is 86.0 Å². The van der Waals surface area contributed by atoms with Crippen LogP contribution in [0.25, 0.3) is 0 Å². The van der Waals surface area contributed by atoms with Crippen LogP contribution in [0, 0.1) is 5.92 Å². The molecular weight excluding hydrogens is 468 g/mol. The van der Waals surface area contributed by atoms with Crippen molar-refractivity contribution in [1.29, 1.82) is 0 Å². The largest absolute Gasteiger partial charge is 0.456 e. The van der Waals surface area contributed by atoms with Gasteiger partial charge in [-0.2, -0.15) is 0 Å². The number of rotatable bonds is 17. The fourth-order valence-corrected chi connectivity index (χ4v) is 3.90. The number of nitrogens with one attached hydrogen (secondary N) is 2. The molecule has 37 heavy (non-hydrogen) atoms. The fraction of sp³-hybridized carbons (Fsp3) is 0.367. The van der Waals surface area contributed by atoms with E-state index >= 15 is 0 Å². The molecule has 2 amide bonds. The third kappa shape index (κ3) is 11.3. The number of unbranched alkanes of at least 4 members (excludes halogenated alkanes) is 1. The van der Waals surface area contributed by atoms with E-state index in [1.54, 1.807) is 12.2 Å². The fourth-order valence-electron chi connectivity index (χ4n) is 3.90. The van der Waals surface area contributed by atoms with Gasteiger partial charge in [-0.15, -0.1) is 13.2 Å². The number of aliphatic hydroxyl groups is 1. The predicted octanol–water partition coefficient (Wildman–Crippen LogP) is 4.05. The van der Waals surface area contributed by atoms with Gasteiger partial charge >= 0.3 is 5.97 Å². The Morgan fingerprint density at radius 3 is 2.27 bits per heavy atom. The normalized spacial score (nSPS) is 13.0. The number of aliphatic hydroxyl groups excluding tert-OH is 1. The highest BCUT2D eigenvalue weighted by molar-refractivity contribution is 5.86. The van der Waals surface area contributed by atoms with Gasteiger partial charge in [0.05, 0.1) is 25.1 Å². The van der Waals surface area contributed by atoms with Gasteiger partial charge in [0.25, 0.3) is 0 Å². The second kappa shape index (κ2) is 16.9. The second-order valence-corrected chi connectivity index (χ2v) is 8.88. The summed E-state index contributed by atoms with van der Waals surface area (Å²) in [5, 5.41) is 15.4. The maximum atomic E-state index is 13.0. The van der Waals surface area contributed by atoms with Crippen molar-refractivity contribution in [1.82, 2.24) is 10.6 Å². The third-order valence-corrected chi connectivity index (χ3v) is 5.86. The molecule has 7 heteroatoms. The average Bonchev–Trinajstić information content (AvgIpc) is 2.91. The maximum absolute atomic E-state index is 13.0. The lowest BCUT2D eigenvalue weighted by molar-refractivity contribution is -0.150. The zero-order valence-electron chi connectivity index (χ0n) is 21.3. The zero-order chi connectivity index (χ0) is 26.9. The summed E-state index contributed by atoms with van der Waals surface area (Å²) in [7, 11) is 0. The van der Waals surface area contributed by atoms with E-state index in [9.17, 15) is 19.5 Å². The van der Waals surface area contributed by atoms with Gasteiger partial charge in [0.15, 0.2) is 0 Å². The summed E-state index contributed by atoms with van der Waals surface area (Å²) < 4.78 is 5.66. The van der Waals surface area contributed by atoms with Crippen LogP contribution in [-0.2, 0) is 25.5 Å². The SMILES string of the molecule is C=CCCCC(=O)O[C@H](CNC(=O)[C@H](CC=C)CC(=O)N[C@@H](CO)Cc1ccccc1)c1ccccc1. The molecule has 2 aromatic carbocycles. The van der Waals surface area contributed by atoms with Crippen molar-refractivity contribution in [2.45, 2.75) is 50.7 Å². The van der Waals surface area contributed by atoms with Crippen LogP contribution >= 0.6 is 0 Å². The minimum absolute atomic E-state index is 0.0551. The van der Waals surface area contributed by atoms with Crippen molar-refractivity contribution >= 4 is 17.8 Å². The highest BCUT2D eigenvalue weighted by atomic mass is 16.5. The van der Waals surface area contributed by atoms with Gasteiger partial charge in [0.1, 0.15) is 6.10 Å². The Bertz CT molecular complexity index is 994. The third-order valence-electron chi connectivity index (χ3n) is 5.86. The van der Waals surface area contributed by atoms with Gasteiger partial charge < -0.3 is 20.5 Å². The number of benzene rings is 2. The Morgan fingerprint density at radius 1 is 0.973 bits per heavy atom. The molecule has 2 aromatic rings. The van der Waals surface area contributed by atoms with E-state index in [1.165, 1.54) is 0 Å². The number of esters is 1. The average molecular weight is 507 g/mol. The van der Waals surface area contributed by atoms with E-state index < -0.39 is 18.1 Å². The van der Waals surface area contributed by atoms with Gasteiger partial charge in [-0.05, 0) is 36.8 Å². The van der Waals surface area contributed by atoms with Crippen LogP contribution in [0.1, 0.15) is 49.3 Å². The molecule has 0 saturated carbocycles. The molecule has 0 fully saturated rings. The van der Waals surface area contributed by atoms with Crippen LogP contribution < -0.4 is 10.6 Å². The first kappa shape index (κ1) is 29.5. The molecule has 0 spiro atoms. The van der Waals surface area contributed by atoms with Gasteiger partial charge in [-0.1, -0.05) is 72.8 Å². The standard InChI is InChI=1S/C30H38N2O5/c1-3-5-8-18-29(35)37-27(24-16-11-7-12-17-24)21-31-30(36)25(13-4-2)20-28(34)32-26(22-33)19-23-14-9-6-10-15-23/h3-4,6-7,9-12,14-17,25-27,33H,1-2,5,8,13,18-22H2,(H,31,36)(H,32,34)/t25-,26-,27-/m1/s1. The molecule has 7 nitrogen and oxygen atoms in total. The molecule has 3 N–H and O–H groups in total. The molecular formula is C30H38N2O5. The number of amides is 2. The number of allylic oxidation sites excluding steroid dienone is 2. The molecule has 0 aliphatic heterocycles. The molecule has 0 heterocycles. The molecule has 0 aliphatic rings. The summed E-state index contributed by atoms with van der Waals surface area (Å²) in [6, 6.07) is 18.3. The molecule has 198 valence electrons. The first-order valence-corrected chi connectivity index (χ1v) is 12.6. The van der Waals surface area contributed by atoms with E-state index in [1.807, 2.05) is 60.7 Å². The summed E-state index contributed by atoms with van der Waals surface area (Å²) in [5.41, 5.74) is 1.76. The van der Waals surface area contributed by atoms with Gasteiger partial charge in [-0.25, -0.2) is 0 Å². The van der Waals surface area contributed by atoms with Gasteiger partial charge in [-0.3, -0.25) is 14.4 Å². The van der Waals surface area contributed by atoms with E-state index in [2.05, 4.69) is 23.8 Å². The molecule has 0 bridgehead atoms. The summed E-state index contributed by atoms with van der Waals surface area (Å²) in [6.45, 7) is 7.24. The molecule has 0 aromatic heterocycles. The highest BCUT2D eigenvalue weighted by Crippen LogP contribution is 2.19. The number of carbonyl (C=O) groups excluding carboxylic acids is 3. The monoisotopic (exact) mass is 506 g/mol. The Balaban J connectivity index is 1.97. The summed E-state index contributed by atoms with van der Waals surface area (Å²) in [6.07, 6.45) is 5.06. The summed E-state index contributed by atoms with van der Waals surface area (Å²) in [4.78, 5) is 38.1. The smallest absolute Gasteiger partial charge is 0.306 e. The van der Waals surface area contributed by atoms with E-state index in [0.717, 1.165) is 17.5 Å². The van der Waals surface area contributed by atoms with Crippen LogP contribution in [0.2, 0.25) is 0 Å². The van der Waals surface area contributed by atoms with Crippen molar-refractivity contribution < 1.29 is 24.2 Å². The molecule has 0 unspecified atom stereocenters. The molecule has 0 aliphatic carbocycles. The minimum Gasteiger partial charge on any atom is -0.456 e. The first-order chi connectivity index (χ1) is 18.0. The Morgan fingerprint density at radius 2 is 1.65 bits per heavy atom. The van der Waals surface area contributed by atoms with Crippen molar-refractivity contribution in [3.05, 3.63) is 97.1 Å². The van der Waals surface area contributed by atoms with Gasteiger partial charge in [0.2, 0.25) is 11.8 Å². The lowest BCUT2D eigenvalue weighted by Crippen LogP contribution is -2.42.